The van der Waals surface area contributed by atoms with Gasteiger partial charge in [0, 0.05) is 17.0 Å². The molecule has 0 aromatic heterocycles. The first-order chi connectivity index (χ1) is 12.2. The maximum Gasteiger partial charge on any atom is 0.270 e. The minimum absolute atomic E-state index is 0.0621. The number of benzene rings is 2. The van der Waals surface area contributed by atoms with Crippen molar-refractivity contribution in [1.29, 1.82) is 5.26 Å². The third-order valence-corrected chi connectivity index (χ3v) is 4.71. The Hall–Kier alpha value is -2.85. The van der Waals surface area contributed by atoms with Crippen molar-refractivity contribution in [3.8, 4) is 6.07 Å². The van der Waals surface area contributed by atoms with Gasteiger partial charge in [0.2, 0.25) is 5.91 Å². The number of hydrogen-bond donors (Lipinski definition) is 1. The van der Waals surface area contributed by atoms with E-state index < -0.39 is 4.92 Å². The van der Waals surface area contributed by atoms with Gasteiger partial charge in [0.25, 0.3) is 5.69 Å². The van der Waals surface area contributed by atoms with E-state index in [0.717, 1.165) is 11.0 Å². The van der Waals surface area contributed by atoms with Crippen LogP contribution in [-0.4, -0.2) is 16.6 Å². The Kier molecular flexibility index (Phi) is 6.01. The zero-order valence-corrected chi connectivity index (χ0v) is 15.6. The van der Waals surface area contributed by atoms with Gasteiger partial charge in [-0.25, -0.2) is 0 Å². The maximum absolute atomic E-state index is 12.1. The number of thioether (sulfide) groups is 1. The second-order valence-electron chi connectivity index (χ2n) is 6.71. The molecule has 0 heterocycles. The van der Waals surface area contributed by atoms with Crippen molar-refractivity contribution in [2.75, 3.05) is 11.1 Å². The van der Waals surface area contributed by atoms with E-state index in [1.807, 2.05) is 30.3 Å². The number of rotatable bonds is 5. The zero-order chi connectivity index (χ0) is 19.3. The van der Waals surface area contributed by atoms with Crippen LogP contribution in [0.5, 0.6) is 0 Å². The van der Waals surface area contributed by atoms with Crippen LogP contribution in [-0.2, 0) is 10.2 Å². The third-order valence-electron chi connectivity index (χ3n) is 3.70. The van der Waals surface area contributed by atoms with Gasteiger partial charge in [-0.3, -0.25) is 14.9 Å². The van der Waals surface area contributed by atoms with Crippen LogP contribution in [0, 0.1) is 21.4 Å². The summed E-state index contributed by atoms with van der Waals surface area (Å²) in [5.41, 5.74) is 1.44. The molecule has 2 rings (SSSR count). The van der Waals surface area contributed by atoms with Crippen LogP contribution in [0.2, 0.25) is 0 Å². The summed E-state index contributed by atoms with van der Waals surface area (Å²) < 4.78 is 0. The lowest BCUT2D eigenvalue weighted by Crippen LogP contribution is -2.15. The van der Waals surface area contributed by atoms with Gasteiger partial charge in [-0.15, -0.1) is 11.8 Å². The van der Waals surface area contributed by atoms with Crippen LogP contribution in [0.25, 0.3) is 0 Å². The minimum Gasteiger partial charge on any atom is -0.324 e. The number of nitro groups is 1. The molecule has 26 heavy (non-hydrogen) atoms. The van der Waals surface area contributed by atoms with E-state index in [4.69, 9.17) is 5.26 Å². The van der Waals surface area contributed by atoms with E-state index in [1.54, 1.807) is 0 Å². The molecule has 2 aromatic carbocycles. The van der Waals surface area contributed by atoms with Crippen LogP contribution in [0.3, 0.4) is 0 Å². The van der Waals surface area contributed by atoms with Gasteiger partial charge in [0.05, 0.1) is 21.9 Å². The molecule has 0 spiro atoms. The molecule has 1 N–H and O–H groups in total. The van der Waals surface area contributed by atoms with Crippen molar-refractivity contribution in [3.05, 3.63) is 63.7 Å². The molecule has 0 aliphatic heterocycles. The summed E-state index contributed by atoms with van der Waals surface area (Å²) >= 11 is 1.39. The smallest absolute Gasteiger partial charge is 0.270 e. The highest BCUT2D eigenvalue weighted by Gasteiger charge is 2.14. The van der Waals surface area contributed by atoms with Crippen LogP contribution in [0.15, 0.2) is 47.4 Å². The third kappa shape index (κ3) is 5.07. The van der Waals surface area contributed by atoms with Crippen molar-refractivity contribution in [2.24, 2.45) is 0 Å². The Bertz CT molecular complexity index is 865. The molecule has 134 valence electrons. The van der Waals surface area contributed by atoms with Gasteiger partial charge < -0.3 is 5.32 Å². The Morgan fingerprint density at radius 1 is 1.23 bits per heavy atom. The molecule has 0 aliphatic carbocycles. The topological polar surface area (TPSA) is 96.0 Å². The molecule has 0 aliphatic rings. The van der Waals surface area contributed by atoms with Gasteiger partial charge in [0.15, 0.2) is 0 Å². The summed E-state index contributed by atoms with van der Waals surface area (Å²) in [6, 6.07) is 13.7. The summed E-state index contributed by atoms with van der Waals surface area (Å²) in [5.74, 6) is -0.100. The molecule has 7 heteroatoms. The minimum atomic E-state index is -0.580. The van der Waals surface area contributed by atoms with E-state index in [1.165, 1.54) is 29.5 Å². The molecule has 2 aromatic rings. The SMILES string of the molecule is CC(C)(C)c1ccc(SCC(=O)Nc2ccc([N+](=O)[O-])cc2C#N)cc1. The first-order valence-electron chi connectivity index (χ1n) is 7.92. The predicted molar refractivity (Wildman–Crippen MR) is 102 cm³/mol. The molecule has 1 amide bonds. The number of hydrogen-bond acceptors (Lipinski definition) is 5. The highest BCUT2D eigenvalue weighted by atomic mass is 32.2. The van der Waals surface area contributed by atoms with E-state index in [0.29, 0.717) is 0 Å². The fraction of sp³-hybridized carbons (Fsp3) is 0.263. The molecule has 0 unspecified atom stereocenters. The second-order valence-corrected chi connectivity index (χ2v) is 7.76. The molecular weight excluding hydrogens is 350 g/mol. The second kappa shape index (κ2) is 8.02. The number of carbonyl (C=O) groups excluding carboxylic acids is 1. The number of carbonyl (C=O) groups is 1. The molecule has 0 bridgehead atoms. The standard InChI is InChI=1S/C19H19N3O3S/c1-19(2,3)14-4-7-16(8-5-14)26-12-18(23)21-17-9-6-15(22(24)25)10-13(17)11-20/h4-10H,12H2,1-3H3,(H,21,23). The quantitative estimate of drug-likeness (QED) is 0.476. The fourth-order valence-corrected chi connectivity index (χ4v) is 2.93. The van der Waals surface area contributed by atoms with Crippen molar-refractivity contribution in [2.45, 2.75) is 31.1 Å². The maximum atomic E-state index is 12.1. The lowest BCUT2D eigenvalue weighted by molar-refractivity contribution is -0.384. The van der Waals surface area contributed by atoms with Crippen molar-refractivity contribution in [3.63, 3.8) is 0 Å². The number of nitro benzene ring substituents is 1. The van der Waals surface area contributed by atoms with E-state index in [9.17, 15) is 14.9 Å². The number of amides is 1. The number of nitrogens with zero attached hydrogens (tertiary/aromatic N) is 2. The van der Waals surface area contributed by atoms with Gasteiger partial charge in [-0.1, -0.05) is 32.9 Å². The van der Waals surface area contributed by atoms with Crippen LogP contribution < -0.4 is 5.32 Å². The Balaban J connectivity index is 1.99. The largest absolute Gasteiger partial charge is 0.324 e. The summed E-state index contributed by atoms with van der Waals surface area (Å²) in [7, 11) is 0. The fourth-order valence-electron chi connectivity index (χ4n) is 2.23. The van der Waals surface area contributed by atoms with E-state index >= 15 is 0 Å². The van der Waals surface area contributed by atoms with Crippen LogP contribution in [0.4, 0.5) is 11.4 Å². The molecule has 6 nitrogen and oxygen atoms in total. The van der Waals surface area contributed by atoms with Crippen LogP contribution in [0.1, 0.15) is 31.9 Å². The van der Waals surface area contributed by atoms with Gasteiger partial charge in [-0.05, 0) is 29.2 Å². The van der Waals surface area contributed by atoms with Gasteiger partial charge in [-0.2, -0.15) is 5.26 Å². The predicted octanol–water partition coefficient (Wildman–Crippen LogP) is 4.49. The van der Waals surface area contributed by atoms with Gasteiger partial charge in [0.1, 0.15) is 6.07 Å². The lowest BCUT2D eigenvalue weighted by Gasteiger charge is -2.19. The Labute approximate surface area is 156 Å². The first-order valence-corrected chi connectivity index (χ1v) is 8.91. The molecule has 0 radical (unpaired) electrons. The molecule has 0 saturated carbocycles. The van der Waals surface area contributed by atoms with E-state index in [-0.39, 0.29) is 34.0 Å². The number of nitrogens with one attached hydrogen (secondary N) is 1. The highest BCUT2D eigenvalue weighted by molar-refractivity contribution is 8.00. The summed E-state index contributed by atoms with van der Waals surface area (Å²) in [4.78, 5) is 23.3. The Morgan fingerprint density at radius 2 is 1.88 bits per heavy atom. The highest BCUT2D eigenvalue weighted by Crippen LogP contribution is 2.26. The van der Waals surface area contributed by atoms with Crippen molar-refractivity contribution < 1.29 is 9.72 Å². The summed E-state index contributed by atoms with van der Waals surface area (Å²) in [5, 5.41) is 22.5. The first kappa shape index (κ1) is 19.5. The average molecular weight is 369 g/mol. The van der Waals surface area contributed by atoms with E-state index in [2.05, 4.69) is 26.1 Å². The number of anilines is 1. The average Bonchev–Trinajstić information content (AvgIpc) is 2.59. The monoisotopic (exact) mass is 369 g/mol. The number of nitriles is 1. The molecule has 0 fully saturated rings. The zero-order valence-electron chi connectivity index (χ0n) is 14.8. The summed E-state index contributed by atoms with van der Waals surface area (Å²) in [6.07, 6.45) is 0. The van der Waals surface area contributed by atoms with Crippen molar-refractivity contribution >= 4 is 29.0 Å². The van der Waals surface area contributed by atoms with Crippen LogP contribution >= 0.6 is 11.8 Å². The summed E-state index contributed by atoms with van der Waals surface area (Å²) in [6.45, 7) is 6.42. The molecule has 0 atom stereocenters. The number of non-ortho nitro benzene ring substituents is 1. The molecular formula is C19H19N3O3S. The lowest BCUT2D eigenvalue weighted by atomic mass is 9.87. The van der Waals surface area contributed by atoms with Gasteiger partial charge >= 0.3 is 0 Å². The Morgan fingerprint density at radius 3 is 2.42 bits per heavy atom. The van der Waals surface area contributed by atoms with Crippen molar-refractivity contribution in [1.82, 2.24) is 0 Å². The normalized spacial score (nSPS) is 10.8. The molecule has 0 saturated heterocycles.